The number of hydrogen-bond acceptors (Lipinski definition) is 7. The molecule has 3 aromatic rings. The molecule has 8 nitrogen and oxygen atoms in total. The smallest absolute Gasteiger partial charge is 0.338 e. The van der Waals surface area contributed by atoms with Crippen molar-refractivity contribution in [2.45, 2.75) is 26.8 Å². The average Bonchev–Trinajstić information content (AvgIpc) is 3.26. The van der Waals surface area contributed by atoms with Gasteiger partial charge in [0.1, 0.15) is 5.75 Å². The Morgan fingerprint density at radius 1 is 1.25 bits per heavy atom. The van der Waals surface area contributed by atoms with Crippen LogP contribution >= 0.6 is 11.3 Å². The van der Waals surface area contributed by atoms with E-state index in [-0.39, 0.29) is 12.2 Å². The second-order valence-corrected chi connectivity index (χ2v) is 8.39. The van der Waals surface area contributed by atoms with Crippen molar-refractivity contribution in [3.8, 4) is 5.75 Å². The maximum absolute atomic E-state index is 13.5. The maximum Gasteiger partial charge on any atom is 0.338 e. The van der Waals surface area contributed by atoms with Gasteiger partial charge in [-0.15, -0.1) is 0 Å². The normalized spacial score (nSPS) is 16.0. The minimum atomic E-state index is -0.645. The summed E-state index contributed by atoms with van der Waals surface area (Å²) >= 11 is 1.29. The monoisotopic (exact) mass is 452 g/mol. The predicted molar refractivity (Wildman–Crippen MR) is 121 cm³/mol. The zero-order chi connectivity index (χ0) is 23.0. The summed E-state index contributed by atoms with van der Waals surface area (Å²) in [5, 5.41) is 4.25. The van der Waals surface area contributed by atoms with Crippen molar-refractivity contribution in [2.75, 3.05) is 13.7 Å². The van der Waals surface area contributed by atoms with Gasteiger partial charge in [-0.05, 0) is 44.5 Å². The van der Waals surface area contributed by atoms with Crippen LogP contribution in [-0.4, -0.2) is 34.0 Å². The number of aromatic nitrogens is 3. The number of thiazole rings is 1. The van der Waals surface area contributed by atoms with Gasteiger partial charge in [-0.1, -0.05) is 23.5 Å². The van der Waals surface area contributed by atoms with Crippen molar-refractivity contribution in [2.24, 2.45) is 12.0 Å². The van der Waals surface area contributed by atoms with E-state index in [1.165, 1.54) is 11.3 Å². The van der Waals surface area contributed by atoms with Gasteiger partial charge in [0.2, 0.25) is 0 Å². The van der Waals surface area contributed by atoms with Gasteiger partial charge in [0.05, 0.1) is 41.8 Å². The molecular formula is C23H24N4O4S. The minimum absolute atomic E-state index is 0.216. The Labute approximate surface area is 188 Å². The van der Waals surface area contributed by atoms with Crippen molar-refractivity contribution < 1.29 is 14.3 Å². The highest BCUT2D eigenvalue weighted by atomic mass is 32.1. The zero-order valence-corrected chi connectivity index (χ0v) is 19.4. The number of ether oxygens (including phenoxy) is 2. The van der Waals surface area contributed by atoms with E-state index in [1.54, 1.807) is 36.4 Å². The number of allylic oxidation sites excluding steroid dienone is 1. The summed E-state index contributed by atoms with van der Waals surface area (Å²) in [7, 11) is 3.44. The van der Waals surface area contributed by atoms with Crippen molar-refractivity contribution >= 4 is 23.4 Å². The molecule has 0 fully saturated rings. The highest BCUT2D eigenvalue weighted by molar-refractivity contribution is 7.07. The number of carbonyl (C=O) groups excluding carboxylic acids is 1. The summed E-state index contributed by atoms with van der Waals surface area (Å²) < 4.78 is 14.4. The molecule has 32 heavy (non-hydrogen) atoms. The van der Waals surface area contributed by atoms with Crippen LogP contribution in [0.5, 0.6) is 5.75 Å². The molecule has 1 atom stereocenters. The first kappa shape index (κ1) is 21.8. The van der Waals surface area contributed by atoms with Crippen LogP contribution in [0.2, 0.25) is 0 Å². The van der Waals surface area contributed by atoms with Gasteiger partial charge in [-0.25, -0.2) is 9.79 Å². The number of benzene rings is 1. The van der Waals surface area contributed by atoms with E-state index in [4.69, 9.17) is 9.47 Å². The molecule has 1 aromatic carbocycles. The highest BCUT2D eigenvalue weighted by Crippen LogP contribution is 2.31. The van der Waals surface area contributed by atoms with E-state index >= 15 is 0 Å². The van der Waals surface area contributed by atoms with Crippen LogP contribution in [-0.2, 0) is 16.6 Å². The lowest BCUT2D eigenvalue weighted by atomic mass is 9.96. The molecule has 1 aliphatic rings. The molecule has 2 aromatic heterocycles. The van der Waals surface area contributed by atoms with Crippen LogP contribution in [0.3, 0.4) is 0 Å². The standard InChI is InChI=1S/C23H24N4O4S/c1-6-31-22(29)19-13(2)25-23-27(20(19)15-7-9-17(30-5)10-8-15)21(28)18(32-23)11-16-12-24-26(4)14(16)3/h7-12,20H,6H2,1-5H3. The molecular weight excluding hydrogens is 428 g/mol. The molecule has 1 aliphatic heterocycles. The van der Waals surface area contributed by atoms with Crippen LogP contribution in [0.1, 0.15) is 36.7 Å². The van der Waals surface area contributed by atoms with E-state index in [0.717, 1.165) is 16.8 Å². The quantitative estimate of drug-likeness (QED) is 0.552. The second-order valence-electron chi connectivity index (χ2n) is 7.38. The van der Waals surface area contributed by atoms with E-state index in [2.05, 4.69) is 10.1 Å². The van der Waals surface area contributed by atoms with Crippen LogP contribution in [0.15, 0.2) is 51.5 Å². The Morgan fingerprint density at radius 3 is 2.56 bits per heavy atom. The molecule has 0 N–H and O–H groups in total. The van der Waals surface area contributed by atoms with Gasteiger partial charge in [-0.3, -0.25) is 14.0 Å². The van der Waals surface area contributed by atoms with Crippen LogP contribution in [0, 0.1) is 6.92 Å². The average molecular weight is 453 g/mol. The lowest BCUT2D eigenvalue weighted by Crippen LogP contribution is -2.39. The largest absolute Gasteiger partial charge is 0.497 e. The van der Waals surface area contributed by atoms with Gasteiger partial charge in [-0.2, -0.15) is 5.10 Å². The van der Waals surface area contributed by atoms with Gasteiger partial charge in [0, 0.05) is 18.3 Å². The summed E-state index contributed by atoms with van der Waals surface area (Å²) in [5.41, 5.74) is 3.26. The first-order valence-electron chi connectivity index (χ1n) is 10.2. The lowest BCUT2D eigenvalue weighted by molar-refractivity contribution is -0.139. The summed E-state index contributed by atoms with van der Waals surface area (Å²) in [5.74, 6) is 0.207. The topological polar surface area (TPSA) is 87.7 Å². The molecule has 0 bridgehead atoms. The van der Waals surface area contributed by atoms with E-state index in [0.29, 0.717) is 26.4 Å². The van der Waals surface area contributed by atoms with Gasteiger partial charge < -0.3 is 9.47 Å². The molecule has 0 saturated carbocycles. The number of rotatable bonds is 5. The van der Waals surface area contributed by atoms with Crippen LogP contribution < -0.4 is 19.6 Å². The number of hydrogen-bond donors (Lipinski definition) is 0. The molecule has 4 rings (SSSR count). The first-order valence-corrected chi connectivity index (χ1v) is 11.0. The fraction of sp³-hybridized carbons (Fsp3) is 0.304. The third-order valence-electron chi connectivity index (χ3n) is 5.51. The molecule has 0 amide bonds. The molecule has 0 saturated heterocycles. The van der Waals surface area contributed by atoms with Crippen molar-refractivity contribution in [1.82, 2.24) is 14.3 Å². The number of aryl methyl sites for hydroxylation is 1. The summed E-state index contributed by atoms with van der Waals surface area (Å²) in [6, 6.07) is 6.67. The molecule has 3 heterocycles. The van der Waals surface area contributed by atoms with E-state index in [9.17, 15) is 9.59 Å². The summed E-state index contributed by atoms with van der Waals surface area (Å²) in [6.45, 7) is 5.70. The highest BCUT2D eigenvalue weighted by Gasteiger charge is 2.33. The van der Waals surface area contributed by atoms with Crippen LogP contribution in [0.25, 0.3) is 6.08 Å². The number of fused-ring (bicyclic) bond motifs is 1. The third-order valence-corrected chi connectivity index (χ3v) is 6.49. The summed E-state index contributed by atoms with van der Waals surface area (Å²) in [4.78, 5) is 31.5. The Hall–Kier alpha value is -3.46. The van der Waals surface area contributed by atoms with Crippen molar-refractivity contribution in [3.63, 3.8) is 0 Å². The van der Waals surface area contributed by atoms with Gasteiger partial charge >= 0.3 is 5.97 Å². The fourth-order valence-corrected chi connectivity index (χ4v) is 4.73. The van der Waals surface area contributed by atoms with Gasteiger partial charge in [0.25, 0.3) is 5.56 Å². The molecule has 1 unspecified atom stereocenters. The van der Waals surface area contributed by atoms with Crippen LogP contribution in [0.4, 0.5) is 0 Å². The summed E-state index contributed by atoms with van der Waals surface area (Å²) in [6.07, 6.45) is 3.55. The lowest BCUT2D eigenvalue weighted by Gasteiger charge is -2.24. The zero-order valence-electron chi connectivity index (χ0n) is 18.6. The Kier molecular flexibility index (Phi) is 5.84. The predicted octanol–water partition coefficient (Wildman–Crippen LogP) is 1.85. The van der Waals surface area contributed by atoms with Gasteiger partial charge in [0.15, 0.2) is 4.80 Å². The molecule has 166 valence electrons. The number of carbonyl (C=O) groups is 1. The van der Waals surface area contributed by atoms with E-state index in [1.807, 2.05) is 44.3 Å². The number of methoxy groups -OCH3 is 1. The molecule has 0 radical (unpaired) electrons. The molecule has 0 spiro atoms. The minimum Gasteiger partial charge on any atom is -0.497 e. The van der Waals surface area contributed by atoms with Crippen molar-refractivity contribution in [1.29, 1.82) is 0 Å². The Balaban J connectivity index is 1.95. The molecule has 0 aliphatic carbocycles. The molecule has 9 heteroatoms. The Bertz CT molecular complexity index is 1390. The van der Waals surface area contributed by atoms with E-state index < -0.39 is 12.0 Å². The Morgan fingerprint density at radius 2 is 1.97 bits per heavy atom. The second kappa shape index (κ2) is 8.58. The maximum atomic E-state index is 13.5. The third kappa shape index (κ3) is 3.69. The number of nitrogens with zero attached hydrogens (tertiary/aromatic N) is 4. The van der Waals surface area contributed by atoms with Crippen molar-refractivity contribution in [3.05, 3.63) is 78.2 Å². The first-order chi connectivity index (χ1) is 15.3. The fourth-order valence-electron chi connectivity index (χ4n) is 3.69. The number of esters is 1. The SMILES string of the molecule is CCOC(=O)C1=C(C)N=c2sc(=Cc3cnn(C)c3C)c(=O)n2C1c1ccc(OC)cc1.